The van der Waals surface area contributed by atoms with Crippen LogP contribution in [0.3, 0.4) is 0 Å². The summed E-state index contributed by atoms with van der Waals surface area (Å²) in [6, 6.07) is 2.92. The zero-order chi connectivity index (χ0) is 16.5. The number of hydrogen-bond donors (Lipinski definition) is 1. The molecule has 0 saturated carbocycles. The predicted octanol–water partition coefficient (Wildman–Crippen LogP) is 3.70. The average Bonchev–Trinajstić information content (AvgIpc) is 2.43. The normalized spacial score (nSPS) is 11.9. The van der Waals surface area contributed by atoms with Crippen LogP contribution in [0.15, 0.2) is 33.9 Å². The van der Waals surface area contributed by atoms with Crippen molar-refractivity contribution in [3.05, 3.63) is 45.4 Å². The summed E-state index contributed by atoms with van der Waals surface area (Å²) in [5, 5.41) is 10.2. The van der Waals surface area contributed by atoms with Gasteiger partial charge in [0.05, 0.1) is 15.1 Å². The van der Waals surface area contributed by atoms with Gasteiger partial charge in [-0.3, -0.25) is 4.98 Å². The number of halogens is 2. The van der Waals surface area contributed by atoms with E-state index in [0.29, 0.717) is 4.47 Å². The second-order valence-corrected chi connectivity index (χ2v) is 8.29. The van der Waals surface area contributed by atoms with Crippen molar-refractivity contribution in [3.8, 4) is 5.75 Å². The maximum atomic E-state index is 12.4. The molecule has 0 fully saturated rings. The number of rotatable bonds is 4. The van der Waals surface area contributed by atoms with Gasteiger partial charge in [-0.2, -0.15) is 0 Å². The van der Waals surface area contributed by atoms with Crippen molar-refractivity contribution in [2.24, 2.45) is 0 Å². The first kappa shape index (κ1) is 17.2. The van der Waals surface area contributed by atoms with E-state index >= 15 is 0 Å². The van der Waals surface area contributed by atoms with Crippen molar-refractivity contribution in [1.82, 2.24) is 9.97 Å². The van der Waals surface area contributed by atoms with Gasteiger partial charge in [-0.1, -0.05) is 25.4 Å². The number of aromatic nitrogens is 2. The summed E-state index contributed by atoms with van der Waals surface area (Å²) in [5.41, 5.74) is 0.949. The fourth-order valence-electron chi connectivity index (χ4n) is 1.76. The maximum absolute atomic E-state index is 12.4. The smallest absolute Gasteiger partial charge is 0.185 e. The molecule has 0 unspecified atom stereocenters. The van der Waals surface area contributed by atoms with Crippen LogP contribution in [-0.4, -0.2) is 23.5 Å². The summed E-state index contributed by atoms with van der Waals surface area (Å²) in [4.78, 5) is 7.88. The quantitative estimate of drug-likeness (QED) is 0.785. The van der Waals surface area contributed by atoms with Crippen molar-refractivity contribution < 1.29 is 13.5 Å². The van der Waals surface area contributed by atoms with E-state index in [9.17, 15) is 13.5 Å². The summed E-state index contributed by atoms with van der Waals surface area (Å²) in [5.74, 6) is -0.344. The van der Waals surface area contributed by atoms with Crippen molar-refractivity contribution in [2.45, 2.75) is 30.4 Å². The molecular weight excluding hydrogens is 392 g/mol. The summed E-state index contributed by atoms with van der Waals surface area (Å²) < 4.78 is 25.2. The number of sulfone groups is 1. The maximum Gasteiger partial charge on any atom is 0.185 e. The standard InChI is InChI=1S/C14H14BrClN2O3S/c1-8(2)9-3-13(19)12(17-5-9)7-22(20,21)10-4-11(15)14(16)18-6-10/h3-6,8,19H,7H2,1-2H3. The third-order valence-electron chi connectivity index (χ3n) is 3.09. The summed E-state index contributed by atoms with van der Waals surface area (Å²) >= 11 is 8.90. The summed E-state index contributed by atoms with van der Waals surface area (Å²) in [7, 11) is -3.68. The molecule has 0 aliphatic rings. The van der Waals surface area contributed by atoms with Crippen LogP contribution in [0.25, 0.3) is 0 Å². The van der Waals surface area contributed by atoms with Crippen LogP contribution < -0.4 is 0 Å². The van der Waals surface area contributed by atoms with Gasteiger partial charge in [0.15, 0.2) is 9.84 Å². The summed E-state index contributed by atoms with van der Waals surface area (Å²) in [6.07, 6.45) is 2.76. The lowest BCUT2D eigenvalue weighted by molar-refractivity contribution is 0.464. The van der Waals surface area contributed by atoms with E-state index in [4.69, 9.17) is 11.6 Å². The number of nitrogens with zero attached hydrogens (tertiary/aromatic N) is 2. The molecule has 118 valence electrons. The van der Waals surface area contributed by atoms with E-state index in [2.05, 4.69) is 25.9 Å². The van der Waals surface area contributed by atoms with Crippen molar-refractivity contribution in [2.75, 3.05) is 0 Å². The lowest BCUT2D eigenvalue weighted by Gasteiger charge is -2.09. The van der Waals surface area contributed by atoms with Crippen LogP contribution in [0.2, 0.25) is 5.15 Å². The van der Waals surface area contributed by atoms with Gasteiger partial charge in [0.2, 0.25) is 0 Å². The Balaban J connectivity index is 2.34. The monoisotopic (exact) mass is 404 g/mol. The number of aromatic hydroxyl groups is 1. The molecule has 2 rings (SSSR count). The molecule has 8 heteroatoms. The number of pyridine rings is 2. The van der Waals surface area contributed by atoms with Gasteiger partial charge >= 0.3 is 0 Å². The third kappa shape index (κ3) is 3.77. The van der Waals surface area contributed by atoms with Crippen LogP contribution in [0, 0.1) is 0 Å². The zero-order valence-electron chi connectivity index (χ0n) is 11.9. The Morgan fingerprint density at radius 3 is 2.50 bits per heavy atom. The first-order valence-electron chi connectivity index (χ1n) is 6.42. The highest BCUT2D eigenvalue weighted by Gasteiger charge is 2.20. The van der Waals surface area contributed by atoms with E-state index in [1.165, 1.54) is 12.3 Å². The van der Waals surface area contributed by atoms with Crippen molar-refractivity contribution in [1.29, 1.82) is 0 Å². The lowest BCUT2D eigenvalue weighted by atomic mass is 10.1. The predicted molar refractivity (Wildman–Crippen MR) is 87.8 cm³/mol. The largest absolute Gasteiger partial charge is 0.506 e. The minimum atomic E-state index is -3.68. The molecule has 0 radical (unpaired) electrons. The molecule has 0 aliphatic heterocycles. The van der Waals surface area contributed by atoms with E-state index in [-0.39, 0.29) is 27.4 Å². The van der Waals surface area contributed by atoms with Gasteiger partial charge in [0, 0.05) is 12.4 Å². The van der Waals surface area contributed by atoms with Crippen LogP contribution in [0.5, 0.6) is 5.75 Å². The fraction of sp³-hybridized carbons (Fsp3) is 0.286. The van der Waals surface area contributed by atoms with Crippen molar-refractivity contribution in [3.63, 3.8) is 0 Å². The van der Waals surface area contributed by atoms with Gasteiger partial charge in [-0.05, 0) is 39.5 Å². The molecule has 0 bridgehead atoms. The molecule has 2 aromatic heterocycles. The fourth-order valence-corrected chi connectivity index (χ4v) is 3.62. The minimum Gasteiger partial charge on any atom is -0.506 e. The Kier molecular flexibility index (Phi) is 5.09. The van der Waals surface area contributed by atoms with Gasteiger partial charge in [0.1, 0.15) is 16.7 Å². The highest BCUT2D eigenvalue weighted by Crippen LogP contribution is 2.27. The Morgan fingerprint density at radius 1 is 1.27 bits per heavy atom. The summed E-state index contributed by atoms with van der Waals surface area (Å²) in [6.45, 7) is 3.92. The molecule has 0 aliphatic carbocycles. The van der Waals surface area contributed by atoms with Crippen LogP contribution in [-0.2, 0) is 15.6 Å². The molecule has 0 spiro atoms. The molecule has 0 atom stereocenters. The Hall–Kier alpha value is -1.18. The van der Waals surface area contributed by atoms with Crippen LogP contribution in [0.1, 0.15) is 31.0 Å². The van der Waals surface area contributed by atoms with Crippen molar-refractivity contribution >= 4 is 37.4 Å². The van der Waals surface area contributed by atoms with Crippen LogP contribution >= 0.6 is 27.5 Å². The molecule has 5 nitrogen and oxygen atoms in total. The van der Waals surface area contributed by atoms with E-state index in [0.717, 1.165) is 5.56 Å². The zero-order valence-corrected chi connectivity index (χ0v) is 15.1. The van der Waals surface area contributed by atoms with Gasteiger partial charge in [-0.15, -0.1) is 0 Å². The molecule has 0 aromatic carbocycles. The second-order valence-electron chi connectivity index (χ2n) is 5.09. The molecule has 0 saturated heterocycles. The SMILES string of the molecule is CC(C)c1cnc(CS(=O)(=O)c2cnc(Cl)c(Br)c2)c(O)c1. The number of hydrogen-bond acceptors (Lipinski definition) is 5. The highest BCUT2D eigenvalue weighted by molar-refractivity contribution is 9.10. The minimum absolute atomic E-state index is 0.0120. The Bertz CT molecular complexity index is 810. The highest BCUT2D eigenvalue weighted by atomic mass is 79.9. The topological polar surface area (TPSA) is 80.2 Å². The molecule has 2 heterocycles. The molecule has 0 amide bonds. The van der Waals surface area contributed by atoms with E-state index in [1.54, 1.807) is 12.3 Å². The first-order chi connectivity index (χ1) is 10.2. The first-order valence-corrected chi connectivity index (χ1v) is 9.24. The van der Waals surface area contributed by atoms with Gasteiger partial charge in [-0.25, -0.2) is 13.4 Å². The van der Waals surface area contributed by atoms with Crippen LogP contribution in [0.4, 0.5) is 0 Å². The Labute approximate surface area is 142 Å². The molecule has 1 N–H and O–H groups in total. The van der Waals surface area contributed by atoms with Gasteiger partial charge < -0.3 is 5.11 Å². The van der Waals surface area contributed by atoms with E-state index < -0.39 is 15.6 Å². The second kappa shape index (κ2) is 6.52. The average molecular weight is 406 g/mol. The third-order valence-corrected chi connectivity index (χ3v) is 5.82. The molecule has 22 heavy (non-hydrogen) atoms. The van der Waals surface area contributed by atoms with E-state index in [1.807, 2.05) is 13.8 Å². The van der Waals surface area contributed by atoms with Gasteiger partial charge in [0.25, 0.3) is 0 Å². The lowest BCUT2D eigenvalue weighted by Crippen LogP contribution is -2.08. The molecular formula is C14H14BrClN2O3S. The Morgan fingerprint density at radius 2 is 1.95 bits per heavy atom. The molecule has 2 aromatic rings.